The van der Waals surface area contributed by atoms with Crippen LogP contribution in [0.5, 0.6) is 5.75 Å². The molecule has 0 spiro atoms. The number of methoxy groups -OCH3 is 1. The largest absolute Gasteiger partial charge is 0.497 e. The van der Waals surface area contributed by atoms with Crippen molar-refractivity contribution >= 4 is 33.4 Å². The van der Waals surface area contributed by atoms with E-state index in [0.29, 0.717) is 27.0 Å². The van der Waals surface area contributed by atoms with Gasteiger partial charge in [0.2, 0.25) is 0 Å². The number of ether oxygens (including phenoxy) is 1. The molecule has 4 nitrogen and oxygen atoms in total. The molecule has 100 valence electrons. The Labute approximate surface area is 124 Å². The first-order valence-electron chi connectivity index (χ1n) is 5.95. The summed E-state index contributed by atoms with van der Waals surface area (Å²) >= 11 is 3.37. The highest BCUT2D eigenvalue weighted by Crippen LogP contribution is 2.35. The van der Waals surface area contributed by atoms with E-state index in [1.54, 1.807) is 42.5 Å². The molecule has 0 saturated heterocycles. The molecule has 0 fully saturated rings. The van der Waals surface area contributed by atoms with Crippen molar-refractivity contribution in [1.29, 1.82) is 0 Å². The van der Waals surface area contributed by atoms with Gasteiger partial charge in [-0.15, -0.1) is 0 Å². The van der Waals surface area contributed by atoms with Crippen LogP contribution in [0.2, 0.25) is 0 Å². The maximum atomic E-state index is 12.4. The lowest BCUT2D eigenvalue weighted by Crippen LogP contribution is -2.29. The Bertz CT molecular complexity index is 692. The number of carbonyl (C=O) groups is 2. The van der Waals surface area contributed by atoms with E-state index in [2.05, 4.69) is 15.9 Å². The molecule has 0 N–H and O–H groups in total. The molecule has 5 heteroatoms. The molecule has 0 unspecified atom stereocenters. The van der Waals surface area contributed by atoms with Crippen LogP contribution in [0.15, 0.2) is 46.9 Å². The van der Waals surface area contributed by atoms with Gasteiger partial charge in [-0.25, -0.2) is 4.90 Å². The number of rotatable bonds is 2. The lowest BCUT2D eigenvalue weighted by molar-refractivity contribution is 0.0926. The average Bonchev–Trinajstić information content (AvgIpc) is 2.72. The molecule has 1 aliphatic heterocycles. The second-order valence-electron chi connectivity index (χ2n) is 4.31. The number of hydrogen-bond donors (Lipinski definition) is 0. The summed E-state index contributed by atoms with van der Waals surface area (Å²) in [6, 6.07) is 12.0. The second kappa shape index (κ2) is 4.76. The molecular formula is C15H10BrNO3. The van der Waals surface area contributed by atoms with Gasteiger partial charge >= 0.3 is 0 Å². The zero-order valence-corrected chi connectivity index (χ0v) is 12.2. The lowest BCUT2D eigenvalue weighted by atomic mass is 10.1. The molecule has 20 heavy (non-hydrogen) atoms. The number of halogens is 1. The van der Waals surface area contributed by atoms with Gasteiger partial charge < -0.3 is 4.74 Å². The van der Waals surface area contributed by atoms with Crippen molar-refractivity contribution in [1.82, 2.24) is 0 Å². The molecule has 0 bridgehead atoms. The minimum atomic E-state index is -0.320. The molecule has 1 aliphatic rings. The summed E-state index contributed by atoms with van der Waals surface area (Å²) in [6.45, 7) is 0. The molecule has 0 aromatic heterocycles. The third-order valence-corrected chi connectivity index (χ3v) is 3.86. The van der Waals surface area contributed by atoms with Gasteiger partial charge in [0.15, 0.2) is 0 Å². The molecule has 1 heterocycles. The number of fused-ring (bicyclic) bond motifs is 1. The highest BCUT2D eigenvalue weighted by molar-refractivity contribution is 9.10. The van der Waals surface area contributed by atoms with E-state index in [-0.39, 0.29) is 11.8 Å². The van der Waals surface area contributed by atoms with Gasteiger partial charge in [-0.2, -0.15) is 0 Å². The van der Waals surface area contributed by atoms with Crippen molar-refractivity contribution in [3.8, 4) is 5.75 Å². The van der Waals surface area contributed by atoms with Gasteiger partial charge in [-0.1, -0.05) is 12.1 Å². The van der Waals surface area contributed by atoms with Gasteiger partial charge in [-0.3, -0.25) is 9.59 Å². The van der Waals surface area contributed by atoms with Gasteiger partial charge in [0, 0.05) is 10.5 Å². The van der Waals surface area contributed by atoms with Crippen LogP contribution < -0.4 is 9.64 Å². The molecule has 0 atom stereocenters. The molecule has 0 aliphatic carbocycles. The quantitative estimate of drug-likeness (QED) is 0.793. The number of nitrogens with zero attached hydrogens (tertiary/aromatic N) is 1. The summed E-state index contributed by atoms with van der Waals surface area (Å²) in [4.78, 5) is 26.0. The standard InChI is InChI=1S/C15H10BrNO3/c1-20-9-6-7-12(16)13(8-9)17-14(18)10-4-2-3-5-11(10)15(17)19/h2-8H,1H3. The topological polar surface area (TPSA) is 46.6 Å². The van der Waals surface area contributed by atoms with Crippen molar-refractivity contribution in [3.63, 3.8) is 0 Å². The number of carbonyl (C=O) groups excluding carboxylic acids is 2. The first-order chi connectivity index (χ1) is 9.63. The smallest absolute Gasteiger partial charge is 0.266 e. The number of hydrogen-bond acceptors (Lipinski definition) is 3. The van der Waals surface area contributed by atoms with E-state index < -0.39 is 0 Å². The van der Waals surface area contributed by atoms with Crippen LogP contribution >= 0.6 is 15.9 Å². The number of anilines is 1. The number of amides is 2. The van der Waals surface area contributed by atoms with Crippen molar-refractivity contribution < 1.29 is 14.3 Å². The fraction of sp³-hybridized carbons (Fsp3) is 0.0667. The van der Waals surface area contributed by atoms with Gasteiger partial charge in [0.05, 0.1) is 23.9 Å². The normalized spacial score (nSPS) is 13.6. The summed E-state index contributed by atoms with van der Waals surface area (Å²) in [7, 11) is 1.54. The van der Waals surface area contributed by atoms with E-state index in [1.807, 2.05) is 0 Å². The van der Waals surface area contributed by atoms with Crippen molar-refractivity contribution in [3.05, 3.63) is 58.1 Å². The predicted octanol–water partition coefficient (Wildman–Crippen LogP) is 3.26. The van der Waals surface area contributed by atoms with Gasteiger partial charge in [0.25, 0.3) is 11.8 Å². The van der Waals surface area contributed by atoms with E-state index in [4.69, 9.17) is 4.74 Å². The number of imide groups is 1. The minimum Gasteiger partial charge on any atom is -0.497 e. The third kappa shape index (κ3) is 1.82. The molecule has 2 aromatic rings. The Morgan fingerprint density at radius 1 is 1.00 bits per heavy atom. The van der Waals surface area contributed by atoms with Crippen LogP contribution in [-0.4, -0.2) is 18.9 Å². The first-order valence-corrected chi connectivity index (χ1v) is 6.74. The van der Waals surface area contributed by atoms with E-state index in [0.717, 1.165) is 4.90 Å². The second-order valence-corrected chi connectivity index (χ2v) is 5.16. The van der Waals surface area contributed by atoms with Crippen LogP contribution in [0.1, 0.15) is 20.7 Å². The van der Waals surface area contributed by atoms with Crippen molar-refractivity contribution in [2.45, 2.75) is 0 Å². The highest BCUT2D eigenvalue weighted by atomic mass is 79.9. The monoisotopic (exact) mass is 331 g/mol. The fourth-order valence-corrected chi connectivity index (χ4v) is 2.62. The highest BCUT2D eigenvalue weighted by Gasteiger charge is 2.37. The molecular weight excluding hydrogens is 322 g/mol. The molecule has 0 radical (unpaired) electrons. The van der Waals surface area contributed by atoms with E-state index in [9.17, 15) is 9.59 Å². The predicted molar refractivity (Wildman–Crippen MR) is 78.3 cm³/mol. The zero-order valence-electron chi connectivity index (χ0n) is 10.6. The van der Waals surface area contributed by atoms with Crippen LogP contribution in [0.3, 0.4) is 0 Å². The Morgan fingerprint density at radius 3 is 2.15 bits per heavy atom. The van der Waals surface area contributed by atoms with Gasteiger partial charge in [0.1, 0.15) is 5.75 Å². The van der Waals surface area contributed by atoms with Gasteiger partial charge in [-0.05, 0) is 40.2 Å². The summed E-state index contributed by atoms with van der Waals surface area (Å²) in [5.74, 6) is -0.0566. The molecule has 3 rings (SSSR count). The Kier molecular flexibility index (Phi) is 3.06. The maximum absolute atomic E-state index is 12.4. The average molecular weight is 332 g/mol. The van der Waals surface area contributed by atoms with Crippen molar-refractivity contribution in [2.24, 2.45) is 0 Å². The zero-order chi connectivity index (χ0) is 14.3. The summed E-state index contributed by atoms with van der Waals surface area (Å²) in [5.41, 5.74) is 1.33. The SMILES string of the molecule is COc1ccc(Br)c(N2C(=O)c3ccccc3C2=O)c1. The molecule has 2 amide bonds. The van der Waals surface area contributed by atoms with Crippen LogP contribution in [0, 0.1) is 0 Å². The molecule has 2 aromatic carbocycles. The summed E-state index contributed by atoms with van der Waals surface area (Å²) in [5, 5.41) is 0. The minimum absolute atomic E-state index is 0.320. The Hall–Kier alpha value is -2.14. The Balaban J connectivity index is 2.14. The van der Waals surface area contributed by atoms with Crippen LogP contribution in [-0.2, 0) is 0 Å². The first kappa shape index (κ1) is 12.9. The summed E-state index contributed by atoms with van der Waals surface area (Å²) in [6.07, 6.45) is 0. The van der Waals surface area contributed by atoms with Crippen LogP contribution in [0.4, 0.5) is 5.69 Å². The van der Waals surface area contributed by atoms with Crippen LogP contribution in [0.25, 0.3) is 0 Å². The Morgan fingerprint density at radius 2 is 1.60 bits per heavy atom. The number of benzene rings is 2. The lowest BCUT2D eigenvalue weighted by Gasteiger charge is -2.16. The van der Waals surface area contributed by atoms with E-state index in [1.165, 1.54) is 7.11 Å². The summed E-state index contributed by atoms with van der Waals surface area (Å²) < 4.78 is 5.81. The van der Waals surface area contributed by atoms with E-state index >= 15 is 0 Å². The maximum Gasteiger partial charge on any atom is 0.266 e. The molecule has 0 saturated carbocycles. The third-order valence-electron chi connectivity index (χ3n) is 3.19. The fourth-order valence-electron chi connectivity index (χ4n) is 2.20. The van der Waals surface area contributed by atoms with Crippen molar-refractivity contribution in [2.75, 3.05) is 12.0 Å².